The van der Waals surface area contributed by atoms with Gasteiger partial charge in [0.05, 0.1) is 0 Å². The van der Waals surface area contributed by atoms with E-state index >= 15 is 0 Å². The average Bonchev–Trinajstić information content (AvgIpc) is 2.88. The summed E-state index contributed by atoms with van der Waals surface area (Å²) in [4.78, 5) is 42.2. The summed E-state index contributed by atoms with van der Waals surface area (Å²) in [6, 6.07) is 25.9. The monoisotopic (exact) mass is 450 g/mol. The van der Waals surface area contributed by atoms with Crippen LogP contribution in [0.3, 0.4) is 0 Å². The fourth-order valence-electron chi connectivity index (χ4n) is 3.28. The molecule has 7 heteroatoms. The molecular formula is C27H22N4O3. The minimum Gasteiger partial charge on any atom is -0.348 e. The van der Waals surface area contributed by atoms with Crippen LogP contribution in [0.2, 0.25) is 0 Å². The zero-order valence-electron chi connectivity index (χ0n) is 18.2. The predicted octanol–water partition coefficient (Wildman–Crippen LogP) is 4.52. The van der Waals surface area contributed by atoms with Gasteiger partial charge < -0.3 is 16.0 Å². The molecule has 3 aromatic carbocycles. The second-order valence-corrected chi connectivity index (χ2v) is 7.48. The first-order valence-electron chi connectivity index (χ1n) is 10.6. The van der Waals surface area contributed by atoms with Crippen molar-refractivity contribution in [1.82, 2.24) is 10.3 Å². The Morgan fingerprint density at radius 1 is 0.618 bits per heavy atom. The third-order valence-corrected chi connectivity index (χ3v) is 4.96. The number of nitrogens with one attached hydrogen (secondary N) is 3. The van der Waals surface area contributed by atoms with Gasteiger partial charge in [0.25, 0.3) is 17.7 Å². The Labute approximate surface area is 196 Å². The molecule has 0 radical (unpaired) electrons. The van der Waals surface area contributed by atoms with E-state index in [1.807, 2.05) is 18.2 Å². The second kappa shape index (κ2) is 10.7. The van der Waals surface area contributed by atoms with E-state index < -0.39 is 0 Å². The molecule has 4 rings (SSSR count). The van der Waals surface area contributed by atoms with E-state index in [0.717, 1.165) is 5.56 Å². The molecule has 0 aliphatic heterocycles. The molecule has 0 aliphatic rings. The molecule has 1 aromatic heterocycles. The topological polar surface area (TPSA) is 100 Å². The van der Waals surface area contributed by atoms with Crippen LogP contribution in [0.5, 0.6) is 0 Å². The summed E-state index contributed by atoms with van der Waals surface area (Å²) < 4.78 is 0. The van der Waals surface area contributed by atoms with E-state index in [-0.39, 0.29) is 23.3 Å². The molecule has 0 unspecified atom stereocenters. The standard InChI is InChI=1S/C27H22N4O3/c32-25(29-18-19-8-7-13-28-17-19)22-14-23(30-26(33)20-9-3-1-4-10-20)16-24(15-22)31-27(34)21-11-5-2-6-12-21/h1-17H,18H2,(H,29,32)(H,30,33)(H,31,34). The number of hydrogen-bond donors (Lipinski definition) is 3. The highest BCUT2D eigenvalue weighted by molar-refractivity contribution is 6.08. The quantitative estimate of drug-likeness (QED) is 0.386. The number of nitrogens with zero attached hydrogens (tertiary/aromatic N) is 1. The third-order valence-electron chi connectivity index (χ3n) is 4.96. The summed E-state index contributed by atoms with van der Waals surface area (Å²) in [6.45, 7) is 0.291. The summed E-state index contributed by atoms with van der Waals surface area (Å²) in [7, 11) is 0. The number of aromatic nitrogens is 1. The van der Waals surface area contributed by atoms with Gasteiger partial charge >= 0.3 is 0 Å². The van der Waals surface area contributed by atoms with E-state index in [1.54, 1.807) is 85.2 Å². The summed E-state index contributed by atoms with van der Waals surface area (Å²) in [5.41, 5.74) is 2.85. The molecule has 1 heterocycles. The van der Waals surface area contributed by atoms with Crippen molar-refractivity contribution in [1.29, 1.82) is 0 Å². The maximum atomic E-state index is 12.9. The highest BCUT2D eigenvalue weighted by atomic mass is 16.2. The molecule has 3 amide bonds. The van der Waals surface area contributed by atoms with Gasteiger partial charge in [-0.05, 0) is 54.1 Å². The molecule has 3 N–H and O–H groups in total. The van der Waals surface area contributed by atoms with Crippen molar-refractivity contribution in [2.45, 2.75) is 6.54 Å². The van der Waals surface area contributed by atoms with Gasteiger partial charge in [0, 0.05) is 47.0 Å². The molecule has 34 heavy (non-hydrogen) atoms. The maximum Gasteiger partial charge on any atom is 0.255 e. The normalized spacial score (nSPS) is 10.2. The smallest absolute Gasteiger partial charge is 0.255 e. The van der Waals surface area contributed by atoms with E-state index in [0.29, 0.717) is 29.0 Å². The van der Waals surface area contributed by atoms with Gasteiger partial charge in [-0.1, -0.05) is 42.5 Å². The fraction of sp³-hybridized carbons (Fsp3) is 0.0370. The van der Waals surface area contributed by atoms with E-state index in [9.17, 15) is 14.4 Å². The van der Waals surface area contributed by atoms with Crippen molar-refractivity contribution in [3.63, 3.8) is 0 Å². The molecule has 0 fully saturated rings. The minimum absolute atomic E-state index is 0.290. The molecule has 0 spiro atoms. The number of benzene rings is 3. The summed E-state index contributed by atoms with van der Waals surface area (Å²) >= 11 is 0. The third kappa shape index (κ3) is 5.92. The first-order valence-corrected chi connectivity index (χ1v) is 10.6. The lowest BCUT2D eigenvalue weighted by atomic mass is 10.1. The average molecular weight is 450 g/mol. The second-order valence-electron chi connectivity index (χ2n) is 7.48. The van der Waals surface area contributed by atoms with Gasteiger partial charge in [0.2, 0.25) is 0 Å². The Morgan fingerprint density at radius 2 is 1.18 bits per heavy atom. The summed E-state index contributed by atoms with van der Waals surface area (Å²) in [5.74, 6) is -1.00. The Hall–Kier alpha value is -4.78. The predicted molar refractivity (Wildman–Crippen MR) is 131 cm³/mol. The molecule has 168 valence electrons. The van der Waals surface area contributed by atoms with Gasteiger partial charge in [-0.3, -0.25) is 19.4 Å². The van der Waals surface area contributed by atoms with Crippen LogP contribution in [0.15, 0.2) is 103 Å². The Kier molecular flexibility index (Phi) is 7.05. The van der Waals surface area contributed by atoms with Gasteiger partial charge in [-0.25, -0.2) is 0 Å². The van der Waals surface area contributed by atoms with E-state index in [4.69, 9.17) is 0 Å². The highest BCUT2D eigenvalue weighted by Crippen LogP contribution is 2.21. The van der Waals surface area contributed by atoms with E-state index in [2.05, 4.69) is 20.9 Å². The van der Waals surface area contributed by atoms with Gasteiger partial charge in [0.15, 0.2) is 0 Å². The largest absolute Gasteiger partial charge is 0.348 e. The number of hydrogen-bond acceptors (Lipinski definition) is 4. The van der Waals surface area contributed by atoms with Gasteiger partial charge in [-0.2, -0.15) is 0 Å². The number of carbonyl (C=O) groups excluding carboxylic acids is 3. The number of amides is 3. The van der Waals surface area contributed by atoms with Crippen molar-refractivity contribution >= 4 is 29.1 Å². The number of anilines is 2. The SMILES string of the molecule is O=C(NCc1cccnc1)c1cc(NC(=O)c2ccccc2)cc(NC(=O)c2ccccc2)c1. The van der Waals surface area contributed by atoms with Crippen LogP contribution in [0.25, 0.3) is 0 Å². The van der Waals surface area contributed by atoms with Crippen molar-refractivity contribution < 1.29 is 14.4 Å². The molecule has 0 saturated carbocycles. The Morgan fingerprint density at radius 3 is 1.68 bits per heavy atom. The molecule has 0 saturated heterocycles. The molecule has 0 atom stereocenters. The van der Waals surface area contributed by atoms with Crippen molar-refractivity contribution in [2.75, 3.05) is 10.6 Å². The van der Waals surface area contributed by atoms with Gasteiger partial charge in [-0.15, -0.1) is 0 Å². The molecule has 0 bridgehead atoms. The zero-order valence-corrected chi connectivity index (χ0v) is 18.2. The summed E-state index contributed by atoms with van der Waals surface area (Å²) in [6.07, 6.45) is 3.33. The summed E-state index contributed by atoms with van der Waals surface area (Å²) in [5, 5.41) is 8.44. The lowest BCUT2D eigenvalue weighted by Gasteiger charge is -2.13. The van der Waals surface area contributed by atoms with Crippen LogP contribution < -0.4 is 16.0 Å². The molecule has 4 aromatic rings. The van der Waals surface area contributed by atoms with Crippen LogP contribution in [-0.4, -0.2) is 22.7 Å². The van der Waals surface area contributed by atoms with Gasteiger partial charge in [0.1, 0.15) is 0 Å². The lowest BCUT2D eigenvalue weighted by Crippen LogP contribution is -2.23. The van der Waals surface area contributed by atoms with Crippen LogP contribution in [0, 0.1) is 0 Å². The number of carbonyl (C=O) groups is 3. The Bertz CT molecular complexity index is 1220. The molecular weight excluding hydrogens is 428 g/mol. The molecule has 0 aliphatic carbocycles. The van der Waals surface area contributed by atoms with Crippen LogP contribution in [-0.2, 0) is 6.54 Å². The first-order chi connectivity index (χ1) is 16.6. The lowest BCUT2D eigenvalue weighted by molar-refractivity contribution is 0.0948. The van der Waals surface area contributed by atoms with Crippen molar-refractivity contribution in [3.05, 3.63) is 126 Å². The fourth-order valence-corrected chi connectivity index (χ4v) is 3.28. The van der Waals surface area contributed by atoms with Crippen LogP contribution in [0.1, 0.15) is 36.6 Å². The number of rotatable bonds is 7. The minimum atomic E-state index is -0.352. The number of pyridine rings is 1. The highest BCUT2D eigenvalue weighted by Gasteiger charge is 2.14. The maximum absolute atomic E-state index is 12.9. The zero-order chi connectivity index (χ0) is 23.8. The van der Waals surface area contributed by atoms with Crippen LogP contribution >= 0.6 is 0 Å². The Balaban J connectivity index is 1.57. The first kappa shape index (κ1) is 22.4. The van der Waals surface area contributed by atoms with Crippen molar-refractivity contribution in [2.24, 2.45) is 0 Å². The van der Waals surface area contributed by atoms with Crippen molar-refractivity contribution in [3.8, 4) is 0 Å². The van der Waals surface area contributed by atoms with Crippen LogP contribution in [0.4, 0.5) is 11.4 Å². The van der Waals surface area contributed by atoms with E-state index in [1.165, 1.54) is 0 Å². The molecule has 7 nitrogen and oxygen atoms in total.